The van der Waals surface area contributed by atoms with Crippen molar-refractivity contribution in [2.24, 2.45) is 0 Å². The molecular weight excluding hydrogens is 272 g/mol. The normalized spacial score (nSPS) is 12.4. The molecule has 0 amide bonds. The molecule has 0 N–H and O–H groups in total. The molecule has 0 saturated heterocycles. The van der Waals surface area contributed by atoms with Gasteiger partial charge in [-0.1, -0.05) is 30.3 Å². The number of ketones is 1. The second-order valence-corrected chi connectivity index (χ2v) is 5.46. The van der Waals surface area contributed by atoms with Crippen LogP contribution in [0.3, 0.4) is 0 Å². The third-order valence-corrected chi connectivity index (χ3v) is 4.04. The minimum atomic E-state index is 0.115. The van der Waals surface area contributed by atoms with Crippen LogP contribution < -0.4 is 9.47 Å². The van der Waals surface area contributed by atoms with Crippen LogP contribution in [0.25, 0.3) is 0 Å². The number of ether oxygens (including phenoxy) is 2. The molecule has 0 radical (unpaired) electrons. The Morgan fingerprint density at radius 1 is 1.05 bits per heavy atom. The summed E-state index contributed by atoms with van der Waals surface area (Å²) >= 11 is 1.62. The monoisotopic (exact) mass is 286 g/mol. The van der Waals surface area contributed by atoms with Crippen LogP contribution in [0.2, 0.25) is 0 Å². The molecule has 3 nitrogen and oxygen atoms in total. The maximum Gasteiger partial charge on any atom is 0.231 e. The van der Waals surface area contributed by atoms with E-state index in [1.54, 1.807) is 30.0 Å². The first kappa shape index (κ1) is 13.1. The van der Waals surface area contributed by atoms with Crippen LogP contribution in [-0.2, 0) is 5.75 Å². The zero-order valence-corrected chi connectivity index (χ0v) is 11.7. The molecule has 0 aliphatic carbocycles. The van der Waals surface area contributed by atoms with Crippen molar-refractivity contribution < 1.29 is 14.3 Å². The Hall–Kier alpha value is -1.94. The second kappa shape index (κ2) is 6.01. The molecule has 0 fully saturated rings. The highest BCUT2D eigenvalue weighted by Crippen LogP contribution is 2.32. The molecular formula is C16H14O3S. The molecule has 0 unspecified atom stereocenters. The van der Waals surface area contributed by atoms with E-state index < -0.39 is 0 Å². The van der Waals surface area contributed by atoms with E-state index >= 15 is 0 Å². The minimum Gasteiger partial charge on any atom is -0.454 e. The van der Waals surface area contributed by atoms with Gasteiger partial charge < -0.3 is 9.47 Å². The summed E-state index contributed by atoms with van der Waals surface area (Å²) in [6.07, 6.45) is 0. The molecule has 0 bridgehead atoms. The van der Waals surface area contributed by atoms with E-state index in [2.05, 4.69) is 12.1 Å². The molecule has 102 valence electrons. The number of fused-ring (bicyclic) bond motifs is 1. The molecule has 1 aliphatic heterocycles. The molecule has 1 aliphatic rings. The standard InChI is InChI=1S/C16H14O3S/c17-14(10-20-9-12-4-2-1-3-5-12)13-6-7-15-16(8-13)19-11-18-15/h1-8H,9-11H2. The van der Waals surface area contributed by atoms with Crippen molar-refractivity contribution >= 4 is 17.5 Å². The maximum atomic E-state index is 12.1. The lowest BCUT2D eigenvalue weighted by atomic mass is 10.1. The summed E-state index contributed by atoms with van der Waals surface area (Å²) in [6.45, 7) is 0.232. The van der Waals surface area contributed by atoms with Crippen molar-refractivity contribution in [3.63, 3.8) is 0 Å². The highest BCUT2D eigenvalue weighted by atomic mass is 32.2. The number of thioether (sulfide) groups is 1. The minimum absolute atomic E-state index is 0.115. The lowest BCUT2D eigenvalue weighted by molar-refractivity contribution is 0.102. The van der Waals surface area contributed by atoms with Gasteiger partial charge in [-0.3, -0.25) is 4.79 Å². The Labute approximate surface area is 121 Å². The number of carbonyl (C=O) groups is 1. The van der Waals surface area contributed by atoms with E-state index in [0.717, 1.165) is 5.75 Å². The average molecular weight is 286 g/mol. The zero-order valence-electron chi connectivity index (χ0n) is 10.9. The van der Waals surface area contributed by atoms with Gasteiger partial charge >= 0.3 is 0 Å². The quantitative estimate of drug-likeness (QED) is 0.788. The maximum absolute atomic E-state index is 12.1. The summed E-state index contributed by atoms with van der Waals surface area (Å²) in [5.41, 5.74) is 1.91. The number of hydrogen-bond acceptors (Lipinski definition) is 4. The van der Waals surface area contributed by atoms with Crippen LogP contribution in [0, 0.1) is 0 Å². The highest BCUT2D eigenvalue weighted by Gasteiger charge is 2.16. The fraction of sp³-hybridized carbons (Fsp3) is 0.188. The SMILES string of the molecule is O=C(CSCc1ccccc1)c1ccc2c(c1)OCO2. The van der Waals surface area contributed by atoms with Crippen molar-refractivity contribution in [1.29, 1.82) is 0 Å². The van der Waals surface area contributed by atoms with E-state index in [1.807, 2.05) is 18.2 Å². The second-order valence-electron chi connectivity index (χ2n) is 4.47. The van der Waals surface area contributed by atoms with Gasteiger partial charge in [0.1, 0.15) is 0 Å². The van der Waals surface area contributed by atoms with Gasteiger partial charge in [0.2, 0.25) is 6.79 Å². The van der Waals surface area contributed by atoms with Crippen LogP contribution in [0.1, 0.15) is 15.9 Å². The lowest BCUT2D eigenvalue weighted by Crippen LogP contribution is -2.02. The van der Waals surface area contributed by atoms with E-state index in [0.29, 0.717) is 22.8 Å². The van der Waals surface area contributed by atoms with Crippen molar-refractivity contribution in [1.82, 2.24) is 0 Å². The van der Waals surface area contributed by atoms with Gasteiger partial charge in [-0.2, -0.15) is 0 Å². The first-order valence-corrected chi connectivity index (χ1v) is 7.53. The molecule has 3 rings (SSSR count). The summed E-state index contributed by atoms with van der Waals surface area (Å²) in [5, 5.41) is 0. The third-order valence-electron chi connectivity index (χ3n) is 3.04. The van der Waals surface area contributed by atoms with Gasteiger partial charge in [-0.25, -0.2) is 0 Å². The van der Waals surface area contributed by atoms with Crippen LogP contribution in [0.4, 0.5) is 0 Å². The van der Waals surface area contributed by atoms with Gasteiger partial charge in [0.15, 0.2) is 17.3 Å². The summed E-state index contributed by atoms with van der Waals surface area (Å²) < 4.78 is 10.5. The third kappa shape index (κ3) is 2.96. The van der Waals surface area contributed by atoms with Gasteiger partial charge in [-0.15, -0.1) is 11.8 Å². The molecule has 0 aromatic heterocycles. The summed E-state index contributed by atoms with van der Waals surface area (Å²) in [5.74, 6) is 2.79. The summed E-state index contributed by atoms with van der Waals surface area (Å²) in [4.78, 5) is 12.1. The summed E-state index contributed by atoms with van der Waals surface area (Å²) in [6, 6.07) is 15.5. The van der Waals surface area contributed by atoms with E-state index in [9.17, 15) is 4.79 Å². The van der Waals surface area contributed by atoms with Crippen LogP contribution in [0.15, 0.2) is 48.5 Å². The Morgan fingerprint density at radius 3 is 2.70 bits per heavy atom. The molecule has 1 heterocycles. The van der Waals surface area contributed by atoms with Crippen LogP contribution in [-0.4, -0.2) is 18.3 Å². The predicted octanol–water partition coefficient (Wildman–Crippen LogP) is 3.53. The number of hydrogen-bond donors (Lipinski definition) is 0. The molecule has 4 heteroatoms. The van der Waals surface area contributed by atoms with Crippen LogP contribution in [0.5, 0.6) is 11.5 Å². The molecule has 20 heavy (non-hydrogen) atoms. The van der Waals surface area contributed by atoms with Crippen molar-refractivity contribution in [2.45, 2.75) is 5.75 Å². The van der Waals surface area contributed by atoms with E-state index in [1.165, 1.54) is 5.56 Å². The smallest absolute Gasteiger partial charge is 0.231 e. The molecule has 0 saturated carbocycles. The largest absolute Gasteiger partial charge is 0.454 e. The number of Topliss-reactive ketones (excluding diaryl/α,β-unsaturated/α-hetero) is 1. The van der Waals surface area contributed by atoms with E-state index in [-0.39, 0.29) is 12.6 Å². The molecule has 2 aromatic rings. The van der Waals surface area contributed by atoms with Crippen molar-refractivity contribution in [3.05, 3.63) is 59.7 Å². The average Bonchev–Trinajstić information content (AvgIpc) is 2.95. The fourth-order valence-electron chi connectivity index (χ4n) is 1.99. The van der Waals surface area contributed by atoms with Gasteiger partial charge in [0.25, 0.3) is 0 Å². The first-order chi connectivity index (χ1) is 9.83. The topological polar surface area (TPSA) is 35.5 Å². The molecule has 0 atom stereocenters. The Morgan fingerprint density at radius 2 is 1.85 bits per heavy atom. The zero-order chi connectivity index (χ0) is 13.8. The number of benzene rings is 2. The predicted molar refractivity (Wildman–Crippen MR) is 79.5 cm³/mol. The Kier molecular flexibility index (Phi) is 3.92. The number of carbonyl (C=O) groups excluding carboxylic acids is 1. The van der Waals surface area contributed by atoms with Crippen LogP contribution >= 0.6 is 11.8 Å². The lowest BCUT2D eigenvalue weighted by Gasteiger charge is -2.03. The first-order valence-electron chi connectivity index (χ1n) is 6.37. The van der Waals surface area contributed by atoms with Crippen molar-refractivity contribution in [3.8, 4) is 11.5 Å². The summed E-state index contributed by atoms with van der Waals surface area (Å²) in [7, 11) is 0. The molecule has 2 aromatic carbocycles. The van der Waals surface area contributed by atoms with Gasteiger partial charge in [0.05, 0.1) is 5.75 Å². The van der Waals surface area contributed by atoms with E-state index in [4.69, 9.17) is 9.47 Å². The Bertz CT molecular complexity index is 610. The van der Waals surface area contributed by atoms with Gasteiger partial charge in [0, 0.05) is 11.3 Å². The highest BCUT2D eigenvalue weighted by molar-refractivity contribution is 7.99. The number of rotatable bonds is 5. The Balaban J connectivity index is 1.57. The molecule has 0 spiro atoms. The fourth-order valence-corrected chi connectivity index (χ4v) is 2.87. The van der Waals surface area contributed by atoms with Crippen molar-refractivity contribution in [2.75, 3.05) is 12.5 Å². The van der Waals surface area contributed by atoms with Gasteiger partial charge in [-0.05, 0) is 23.8 Å².